The summed E-state index contributed by atoms with van der Waals surface area (Å²) >= 11 is 0. The monoisotopic (exact) mass is 427 g/mol. The van der Waals surface area contributed by atoms with Gasteiger partial charge in [0.15, 0.2) is 0 Å². The zero-order valence-corrected chi connectivity index (χ0v) is 18.2. The van der Waals surface area contributed by atoms with Gasteiger partial charge in [0.1, 0.15) is 0 Å². The molecule has 0 atom stereocenters. The van der Waals surface area contributed by atoms with E-state index in [9.17, 15) is 9.59 Å². The lowest BCUT2D eigenvalue weighted by atomic mass is 10.1. The molecule has 0 saturated carbocycles. The normalized spacial score (nSPS) is 10.6. The summed E-state index contributed by atoms with van der Waals surface area (Å²) in [6.45, 7) is 3.18. The van der Waals surface area contributed by atoms with Crippen molar-refractivity contribution in [3.8, 4) is 0 Å². The van der Waals surface area contributed by atoms with Crippen LogP contribution >= 0.6 is 0 Å². The van der Waals surface area contributed by atoms with Crippen LogP contribution in [-0.2, 0) is 16.0 Å². The Kier molecular flexibility index (Phi) is 12.0. The summed E-state index contributed by atoms with van der Waals surface area (Å²) in [5.74, 6) is -0.295. The first-order valence-corrected chi connectivity index (χ1v) is 10.7. The summed E-state index contributed by atoms with van der Waals surface area (Å²) in [5, 5.41) is 2.87. The molecule has 2 aromatic rings. The number of rotatable bonds is 15. The van der Waals surface area contributed by atoms with Crippen LogP contribution in [0.5, 0.6) is 0 Å². The SMILES string of the molecule is COCCOCCCCCCNNC(=O)c1ccc(CNC(=O)c2ccccc2)cc1. The van der Waals surface area contributed by atoms with Crippen molar-refractivity contribution in [2.45, 2.75) is 32.2 Å². The Morgan fingerprint density at radius 1 is 0.774 bits per heavy atom. The van der Waals surface area contributed by atoms with Gasteiger partial charge in [-0.25, -0.2) is 5.43 Å². The highest BCUT2D eigenvalue weighted by atomic mass is 16.5. The predicted molar refractivity (Wildman–Crippen MR) is 121 cm³/mol. The van der Waals surface area contributed by atoms with E-state index < -0.39 is 0 Å². The Bertz CT molecular complexity index is 766. The lowest BCUT2D eigenvalue weighted by Gasteiger charge is -2.09. The molecule has 0 aliphatic heterocycles. The quantitative estimate of drug-likeness (QED) is 0.300. The number of carbonyl (C=O) groups is 2. The number of hydrogen-bond donors (Lipinski definition) is 3. The zero-order valence-electron chi connectivity index (χ0n) is 18.2. The Hall–Kier alpha value is -2.74. The van der Waals surface area contributed by atoms with Crippen molar-refractivity contribution < 1.29 is 19.1 Å². The number of nitrogens with one attached hydrogen (secondary N) is 3. The number of methoxy groups -OCH3 is 1. The fourth-order valence-corrected chi connectivity index (χ4v) is 2.88. The van der Waals surface area contributed by atoms with Gasteiger partial charge >= 0.3 is 0 Å². The summed E-state index contributed by atoms with van der Waals surface area (Å²) in [4.78, 5) is 24.3. The molecule has 0 aromatic heterocycles. The molecule has 3 N–H and O–H groups in total. The lowest BCUT2D eigenvalue weighted by Crippen LogP contribution is -2.37. The first-order valence-electron chi connectivity index (χ1n) is 10.7. The van der Waals surface area contributed by atoms with Gasteiger partial charge in [0.25, 0.3) is 11.8 Å². The van der Waals surface area contributed by atoms with Gasteiger partial charge in [-0.1, -0.05) is 43.2 Å². The third kappa shape index (κ3) is 10.2. The Morgan fingerprint density at radius 2 is 1.48 bits per heavy atom. The highest BCUT2D eigenvalue weighted by molar-refractivity contribution is 5.94. The Labute approximate surface area is 184 Å². The molecular formula is C24H33N3O4. The average Bonchev–Trinajstić information content (AvgIpc) is 2.81. The van der Waals surface area contributed by atoms with Crippen molar-refractivity contribution in [1.82, 2.24) is 16.2 Å². The zero-order chi connectivity index (χ0) is 22.2. The van der Waals surface area contributed by atoms with Gasteiger partial charge in [0.05, 0.1) is 13.2 Å². The smallest absolute Gasteiger partial charge is 0.265 e. The molecule has 0 unspecified atom stereocenters. The van der Waals surface area contributed by atoms with Crippen molar-refractivity contribution in [1.29, 1.82) is 0 Å². The maximum absolute atomic E-state index is 12.2. The summed E-state index contributed by atoms with van der Waals surface area (Å²) in [5.41, 5.74) is 7.81. The number of carbonyl (C=O) groups excluding carboxylic acids is 2. The van der Waals surface area contributed by atoms with E-state index in [1.54, 1.807) is 31.4 Å². The number of benzene rings is 2. The Balaban J connectivity index is 1.56. The van der Waals surface area contributed by atoms with E-state index in [2.05, 4.69) is 16.2 Å². The predicted octanol–water partition coefficient (Wildman–Crippen LogP) is 3.07. The molecule has 0 radical (unpaired) electrons. The van der Waals surface area contributed by atoms with Gasteiger partial charge in [-0.3, -0.25) is 15.0 Å². The molecule has 2 aromatic carbocycles. The van der Waals surface area contributed by atoms with Crippen LogP contribution in [0.15, 0.2) is 54.6 Å². The second-order valence-corrected chi connectivity index (χ2v) is 7.15. The molecule has 0 saturated heterocycles. The summed E-state index contributed by atoms with van der Waals surface area (Å²) in [6.07, 6.45) is 4.21. The van der Waals surface area contributed by atoms with Gasteiger partial charge in [0, 0.05) is 37.9 Å². The van der Waals surface area contributed by atoms with Crippen LogP contribution in [0.25, 0.3) is 0 Å². The molecule has 2 amide bonds. The van der Waals surface area contributed by atoms with Crippen molar-refractivity contribution in [3.63, 3.8) is 0 Å². The van der Waals surface area contributed by atoms with Crippen LogP contribution in [-0.4, -0.2) is 45.3 Å². The van der Waals surface area contributed by atoms with Gasteiger partial charge < -0.3 is 14.8 Å². The molecule has 0 heterocycles. The van der Waals surface area contributed by atoms with E-state index in [4.69, 9.17) is 9.47 Å². The van der Waals surface area contributed by atoms with Crippen LogP contribution in [0.1, 0.15) is 52.0 Å². The van der Waals surface area contributed by atoms with E-state index in [1.165, 1.54) is 0 Å². The highest BCUT2D eigenvalue weighted by Crippen LogP contribution is 2.05. The summed E-state index contributed by atoms with van der Waals surface area (Å²) in [7, 11) is 1.67. The van der Waals surface area contributed by atoms with Crippen molar-refractivity contribution in [2.75, 3.05) is 33.5 Å². The first-order chi connectivity index (χ1) is 15.2. The molecule has 7 heteroatoms. The fourth-order valence-electron chi connectivity index (χ4n) is 2.88. The molecular weight excluding hydrogens is 394 g/mol. The van der Waals surface area contributed by atoms with Crippen LogP contribution in [0, 0.1) is 0 Å². The highest BCUT2D eigenvalue weighted by Gasteiger charge is 2.06. The number of hydrogen-bond acceptors (Lipinski definition) is 5. The topological polar surface area (TPSA) is 88.7 Å². The van der Waals surface area contributed by atoms with Crippen LogP contribution in [0.3, 0.4) is 0 Å². The van der Waals surface area contributed by atoms with Crippen molar-refractivity contribution in [3.05, 3.63) is 71.3 Å². The summed E-state index contributed by atoms with van der Waals surface area (Å²) in [6, 6.07) is 16.3. The minimum atomic E-state index is -0.175. The summed E-state index contributed by atoms with van der Waals surface area (Å²) < 4.78 is 10.3. The fraction of sp³-hybridized carbons (Fsp3) is 0.417. The van der Waals surface area contributed by atoms with Crippen LogP contribution < -0.4 is 16.2 Å². The van der Waals surface area contributed by atoms with Gasteiger partial charge in [-0.15, -0.1) is 0 Å². The maximum Gasteiger partial charge on any atom is 0.265 e. The largest absolute Gasteiger partial charge is 0.382 e. The maximum atomic E-state index is 12.2. The van der Waals surface area contributed by atoms with E-state index in [0.717, 1.165) is 44.4 Å². The molecule has 0 spiro atoms. The lowest BCUT2D eigenvalue weighted by molar-refractivity contribution is 0.0686. The third-order valence-electron chi connectivity index (χ3n) is 4.68. The number of unbranched alkanes of at least 4 members (excludes halogenated alkanes) is 3. The molecule has 2 rings (SSSR count). The van der Waals surface area contributed by atoms with E-state index >= 15 is 0 Å². The second kappa shape index (κ2) is 15.1. The minimum Gasteiger partial charge on any atom is -0.382 e. The minimum absolute atomic E-state index is 0.120. The molecule has 0 aliphatic carbocycles. The molecule has 0 fully saturated rings. The van der Waals surface area contributed by atoms with Crippen molar-refractivity contribution in [2.24, 2.45) is 0 Å². The van der Waals surface area contributed by atoms with Crippen LogP contribution in [0.2, 0.25) is 0 Å². The molecule has 31 heavy (non-hydrogen) atoms. The number of hydrazine groups is 1. The number of amides is 2. The van der Waals surface area contributed by atoms with E-state index in [0.29, 0.717) is 30.9 Å². The van der Waals surface area contributed by atoms with Gasteiger partial charge in [0.2, 0.25) is 0 Å². The average molecular weight is 428 g/mol. The second-order valence-electron chi connectivity index (χ2n) is 7.15. The molecule has 168 valence electrons. The Morgan fingerprint density at radius 3 is 2.23 bits per heavy atom. The van der Waals surface area contributed by atoms with Gasteiger partial charge in [-0.05, 0) is 42.7 Å². The number of ether oxygens (including phenoxy) is 2. The van der Waals surface area contributed by atoms with E-state index in [1.807, 2.05) is 30.3 Å². The standard InChI is InChI=1S/C24H33N3O4/c1-30-17-18-31-16-8-3-2-7-15-26-27-24(29)22-13-11-20(12-14-22)19-25-23(28)21-9-5-4-6-10-21/h4-6,9-14,26H,2-3,7-8,15-19H2,1H3,(H,25,28)(H,27,29). The molecule has 0 bridgehead atoms. The third-order valence-corrected chi connectivity index (χ3v) is 4.68. The molecule has 7 nitrogen and oxygen atoms in total. The van der Waals surface area contributed by atoms with Gasteiger partial charge in [-0.2, -0.15) is 0 Å². The first kappa shape index (κ1) is 24.5. The van der Waals surface area contributed by atoms with Crippen molar-refractivity contribution >= 4 is 11.8 Å². The molecule has 0 aliphatic rings. The van der Waals surface area contributed by atoms with E-state index in [-0.39, 0.29) is 11.8 Å². The van der Waals surface area contributed by atoms with Crippen LogP contribution in [0.4, 0.5) is 0 Å².